The van der Waals surface area contributed by atoms with Gasteiger partial charge < -0.3 is 15.0 Å². The van der Waals surface area contributed by atoms with Crippen molar-refractivity contribution in [3.8, 4) is 0 Å². The molecule has 138 valence electrons. The van der Waals surface area contributed by atoms with Gasteiger partial charge in [0.25, 0.3) is 5.56 Å². The molecule has 3 rings (SSSR count). The van der Waals surface area contributed by atoms with Gasteiger partial charge in [-0.15, -0.1) is 11.6 Å². The van der Waals surface area contributed by atoms with E-state index in [4.69, 9.17) is 11.6 Å². The van der Waals surface area contributed by atoms with Crippen molar-refractivity contribution < 1.29 is 5.11 Å². The normalized spacial score (nSPS) is 12.5. The molecule has 26 heavy (non-hydrogen) atoms. The lowest BCUT2D eigenvalue weighted by Crippen LogP contribution is -2.38. The molecule has 0 bridgehead atoms. The highest BCUT2D eigenvalue weighted by Gasteiger charge is 2.20. The molecular weight excluding hydrogens is 358 g/mol. The van der Waals surface area contributed by atoms with Crippen LogP contribution >= 0.6 is 11.6 Å². The summed E-state index contributed by atoms with van der Waals surface area (Å²) in [7, 11) is 2.97. The molecule has 0 aliphatic heterocycles. The molecule has 0 saturated carbocycles. The Balaban J connectivity index is 2.13. The first-order valence-electron chi connectivity index (χ1n) is 8.12. The van der Waals surface area contributed by atoms with Crippen LogP contribution < -0.4 is 16.6 Å². The lowest BCUT2D eigenvalue weighted by molar-refractivity contribution is 0.179. The van der Waals surface area contributed by atoms with Gasteiger partial charge in [-0.25, -0.2) is 4.79 Å². The van der Waals surface area contributed by atoms with Crippen molar-refractivity contribution in [3.63, 3.8) is 0 Å². The van der Waals surface area contributed by atoms with E-state index >= 15 is 0 Å². The van der Waals surface area contributed by atoms with Gasteiger partial charge in [-0.2, -0.15) is 4.98 Å². The molecule has 0 amide bonds. The molecule has 9 heteroatoms. The number of imidazole rings is 1. The fraction of sp³-hybridized carbons (Fsp3) is 0.353. The van der Waals surface area contributed by atoms with Gasteiger partial charge in [0.2, 0.25) is 5.95 Å². The van der Waals surface area contributed by atoms with Crippen LogP contribution in [0.15, 0.2) is 39.9 Å². The fourth-order valence-electron chi connectivity index (χ4n) is 2.80. The molecule has 1 atom stereocenters. The Kier molecular flexibility index (Phi) is 5.15. The van der Waals surface area contributed by atoms with Crippen molar-refractivity contribution in [2.24, 2.45) is 14.1 Å². The number of aliphatic hydroxyl groups is 1. The van der Waals surface area contributed by atoms with E-state index in [-0.39, 0.29) is 23.6 Å². The smallest absolute Gasteiger partial charge is 0.332 e. The lowest BCUT2D eigenvalue weighted by atomic mass is 10.2. The molecule has 2 N–H and O–H groups in total. The molecular formula is C17H20ClN5O3. The molecule has 8 nitrogen and oxygen atoms in total. The van der Waals surface area contributed by atoms with Crippen LogP contribution in [0.5, 0.6) is 0 Å². The molecule has 0 fully saturated rings. The van der Waals surface area contributed by atoms with Crippen LogP contribution in [0.3, 0.4) is 0 Å². The minimum atomic E-state index is -0.853. The summed E-state index contributed by atoms with van der Waals surface area (Å²) >= 11 is 5.73. The van der Waals surface area contributed by atoms with E-state index in [1.807, 2.05) is 30.3 Å². The summed E-state index contributed by atoms with van der Waals surface area (Å²) < 4.78 is 3.91. The zero-order valence-corrected chi connectivity index (χ0v) is 15.3. The van der Waals surface area contributed by atoms with Gasteiger partial charge in [-0.05, 0) is 5.56 Å². The Morgan fingerprint density at radius 1 is 1.19 bits per heavy atom. The SMILES string of the molecule is Cn1c(=O)c2c(nc(NCc3ccccc3)n2C[C@H](O)CCl)n(C)c1=O. The topological polar surface area (TPSA) is 94.1 Å². The van der Waals surface area contributed by atoms with Crippen LogP contribution in [0.25, 0.3) is 11.2 Å². The molecule has 3 aromatic rings. The number of halogens is 1. The first-order valence-corrected chi connectivity index (χ1v) is 8.65. The summed E-state index contributed by atoms with van der Waals surface area (Å²) in [4.78, 5) is 29.2. The van der Waals surface area contributed by atoms with E-state index < -0.39 is 17.4 Å². The average molecular weight is 378 g/mol. The molecule has 0 aliphatic rings. The quantitative estimate of drug-likeness (QED) is 0.615. The lowest BCUT2D eigenvalue weighted by Gasteiger charge is -2.13. The van der Waals surface area contributed by atoms with Crippen molar-refractivity contribution >= 4 is 28.7 Å². The molecule has 0 saturated heterocycles. The summed E-state index contributed by atoms with van der Waals surface area (Å²) in [5.41, 5.74) is 0.611. The number of anilines is 1. The number of aryl methyl sites for hydroxylation is 1. The van der Waals surface area contributed by atoms with Gasteiger partial charge in [0, 0.05) is 20.6 Å². The molecule has 0 radical (unpaired) electrons. The van der Waals surface area contributed by atoms with Gasteiger partial charge in [-0.3, -0.25) is 13.9 Å². The molecule has 1 aromatic carbocycles. The summed E-state index contributed by atoms with van der Waals surface area (Å²) in [6, 6.07) is 9.70. The van der Waals surface area contributed by atoms with Crippen LogP contribution in [0.1, 0.15) is 5.56 Å². The third kappa shape index (κ3) is 3.25. The Hall–Kier alpha value is -2.58. The van der Waals surface area contributed by atoms with Gasteiger partial charge in [0.05, 0.1) is 18.5 Å². The zero-order chi connectivity index (χ0) is 18.8. The van der Waals surface area contributed by atoms with E-state index in [0.717, 1.165) is 10.1 Å². The number of benzene rings is 1. The Bertz CT molecular complexity index is 1040. The van der Waals surface area contributed by atoms with Crippen LogP contribution in [0, 0.1) is 0 Å². The first-order chi connectivity index (χ1) is 12.4. The van der Waals surface area contributed by atoms with Gasteiger partial charge in [0.1, 0.15) is 0 Å². The van der Waals surface area contributed by atoms with E-state index in [1.54, 1.807) is 11.6 Å². The predicted octanol–water partition coefficient (Wildman–Crippen LogP) is 0.645. The van der Waals surface area contributed by atoms with E-state index in [9.17, 15) is 14.7 Å². The minimum Gasteiger partial charge on any atom is -0.390 e. The number of nitrogens with zero attached hydrogens (tertiary/aromatic N) is 4. The Morgan fingerprint density at radius 2 is 1.88 bits per heavy atom. The molecule has 0 spiro atoms. The summed E-state index contributed by atoms with van der Waals surface area (Å²) in [5, 5.41) is 13.2. The maximum atomic E-state index is 12.6. The number of hydrogen-bond donors (Lipinski definition) is 2. The number of hydrogen-bond acceptors (Lipinski definition) is 5. The highest BCUT2D eigenvalue weighted by molar-refractivity contribution is 6.18. The highest BCUT2D eigenvalue weighted by Crippen LogP contribution is 2.17. The largest absolute Gasteiger partial charge is 0.390 e. The molecule has 0 aliphatic carbocycles. The number of aromatic nitrogens is 4. The van der Waals surface area contributed by atoms with E-state index in [1.165, 1.54) is 11.6 Å². The van der Waals surface area contributed by atoms with E-state index in [0.29, 0.717) is 12.5 Å². The average Bonchev–Trinajstić information content (AvgIpc) is 3.02. The number of fused-ring (bicyclic) bond motifs is 1. The standard InChI is InChI=1S/C17H20ClN5O3/c1-21-14-13(15(25)22(2)17(21)26)23(10-12(24)8-18)16(20-14)19-9-11-6-4-3-5-7-11/h3-7,12,24H,8-10H2,1-2H3,(H,19,20)/t12-/m1/s1. The third-order valence-electron chi connectivity index (χ3n) is 4.21. The van der Waals surface area contributed by atoms with Gasteiger partial charge >= 0.3 is 5.69 Å². The van der Waals surface area contributed by atoms with Gasteiger partial charge in [0.15, 0.2) is 11.2 Å². The first kappa shape index (κ1) is 18.2. The molecule has 0 unspecified atom stereocenters. The third-order valence-corrected chi connectivity index (χ3v) is 4.57. The van der Waals surface area contributed by atoms with Crippen LogP contribution in [-0.4, -0.2) is 35.8 Å². The fourth-order valence-corrected chi connectivity index (χ4v) is 2.89. The number of alkyl halides is 1. The summed E-state index contributed by atoms with van der Waals surface area (Å²) in [6.45, 7) is 0.569. The summed E-state index contributed by atoms with van der Waals surface area (Å²) in [5.74, 6) is 0.412. The van der Waals surface area contributed by atoms with Crippen molar-refractivity contribution in [1.82, 2.24) is 18.7 Å². The number of aliphatic hydroxyl groups excluding tert-OH is 1. The van der Waals surface area contributed by atoms with Crippen LogP contribution in [0.2, 0.25) is 0 Å². The maximum Gasteiger partial charge on any atom is 0.332 e. The maximum absolute atomic E-state index is 12.6. The van der Waals surface area contributed by atoms with Crippen molar-refractivity contribution in [1.29, 1.82) is 0 Å². The Labute approximate surface area is 154 Å². The predicted molar refractivity (Wildman–Crippen MR) is 101 cm³/mol. The Morgan fingerprint density at radius 3 is 2.54 bits per heavy atom. The molecule has 2 aromatic heterocycles. The minimum absolute atomic E-state index is 0.0177. The second kappa shape index (κ2) is 7.35. The molecule has 2 heterocycles. The van der Waals surface area contributed by atoms with Crippen molar-refractivity contribution in [2.75, 3.05) is 11.2 Å². The van der Waals surface area contributed by atoms with Crippen LogP contribution in [0.4, 0.5) is 5.95 Å². The van der Waals surface area contributed by atoms with E-state index in [2.05, 4.69) is 10.3 Å². The van der Waals surface area contributed by atoms with Crippen molar-refractivity contribution in [3.05, 3.63) is 56.7 Å². The number of nitrogens with one attached hydrogen (secondary N) is 1. The second-order valence-corrected chi connectivity index (χ2v) is 6.38. The van der Waals surface area contributed by atoms with Crippen LogP contribution in [-0.2, 0) is 27.2 Å². The zero-order valence-electron chi connectivity index (χ0n) is 14.5. The summed E-state index contributed by atoms with van der Waals surface area (Å²) in [6.07, 6.45) is -0.853. The highest BCUT2D eigenvalue weighted by atomic mass is 35.5. The second-order valence-electron chi connectivity index (χ2n) is 6.07. The van der Waals surface area contributed by atoms with Gasteiger partial charge in [-0.1, -0.05) is 30.3 Å². The number of rotatable bonds is 6. The van der Waals surface area contributed by atoms with Crippen molar-refractivity contribution in [2.45, 2.75) is 19.2 Å². The monoisotopic (exact) mass is 377 g/mol.